The molecule has 2 fully saturated rings. The molecule has 2 aromatic rings. The van der Waals surface area contributed by atoms with Crippen LogP contribution in [0, 0.1) is 5.41 Å². The fraction of sp³-hybridized carbons (Fsp3) is 0.478. The smallest absolute Gasteiger partial charge is 0.254 e. The van der Waals surface area contributed by atoms with Crippen LogP contribution >= 0.6 is 0 Å². The third-order valence-electron chi connectivity index (χ3n) is 5.89. The summed E-state index contributed by atoms with van der Waals surface area (Å²) in [4.78, 5) is 19.3. The van der Waals surface area contributed by atoms with Crippen LogP contribution in [0.4, 0.5) is 0 Å². The molecule has 1 atom stereocenters. The number of carbonyl (C=O) groups excluding carboxylic acids is 1. The minimum atomic E-state index is 0.0794. The summed E-state index contributed by atoms with van der Waals surface area (Å²) in [5.41, 5.74) is 1.90. The second-order valence-electron chi connectivity index (χ2n) is 8.00. The molecule has 0 saturated carbocycles. The highest BCUT2D eigenvalue weighted by Crippen LogP contribution is 2.36. The molecule has 1 unspecified atom stereocenters. The largest absolute Gasteiger partial charge is 0.490 e. The van der Waals surface area contributed by atoms with Crippen LogP contribution in [0.1, 0.15) is 42.1 Å². The third kappa shape index (κ3) is 4.53. The standard InChI is InChI=1S/C23H29N3O3/c1-2-28-21-13-19(6-7-20(21)29-15-18-5-3-10-24-14-18)22(27)26-12-4-8-23(17-26)9-11-25-16-23/h3,5-7,10,13-14,25H,2,4,8-9,11-12,15-17H2,1H3. The second kappa shape index (κ2) is 8.82. The minimum absolute atomic E-state index is 0.0794. The van der Waals surface area contributed by atoms with E-state index in [9.17, 15) is 4.79 Å². The number of pyridine rings is 1. The van der Waals surface area contributed by atoms with Crippen LogP contribution < -0.4 is 14.8 Å². The minimum Gasteiger partial charge on any atom is -0.490 e. The molecular formula is C23H29N3O3. The number of benzene rings is 1. The highest BCUT2D eigenvalue weighted by Gasteiger charge is 2.39. The molecule has 29 heavy (non-hydrogen) atoms. The normalized spacial score (nSPS) is 21.3. The quantitative estimate of drug-likeness (QED) is 0.813. The van der Waals surface area contributed by atoms with E-state index < -0.39 is 0 Å². The van der Waals surface area contributed by atoms with Gasteiger partial charge >= 0.3 is 0 Å². The van der Waals surface area contributed by atoms with Gasteiger partial charge in [-0.3, -0.25) is 9.78 Å². The zero-order chi connectivity index (χ0) is 20.1. The Hall–Kier alpha value is -2.60. The van der Waals surface area contributed by atoms with E-state index in [0.717, 1.165) is 44.6 Å². The Kier molecular flexibility index (Phi) is 6.00. The van der Waals surface area contributed by atoms with Gasteiger partial charge in [-0.05, 0) is 57.0 Å². The summed E-state index contributed by atoms with van der Waals surface area (Å²) in [6.45, 7) is 6.58. The molecule has 2 aliphatic heterocycles. The van der Waals surface area contributed by atoms with Gasteiger partial charge < -0.3 is 19.7 Å². The molecule has 4 rings (SSSR count). The molecule has 154 valence electrons. The third-order valence-corrected chi connectivity index (χ3v) is 5.89. The number of nitrogens with one attached hydrogen (secondary N) is 1. The predicted molar refractivity (Wildman–Crippen MR) is 111 cm³/mol. The molecule has 0 bridgehead atoms. The van der Waals surface area contributed by atoms with Crippen molar-refractivity contribution in [2.24, 2.45) is 5.41 Å². The van der Waals surface area contributed by atoms with Crippen LogP contribution in [0.5, 0.6) is 11.5 Å². The average Bonchev–Trinajstić information content (AvgIpc) is 3.20. The Bertz CT molecular complexity index is 835. The van der Waals surface area contributed by atoms with E-state index in [0.29, 0.717) is 30.3 Å². The van der Waals surface area contributed by atoms with E-state index in [4.69, 9.17) is 9.47 Å². The SMILES string of the molecule is CCOc1cc(C(=O)N2CCCC3(CCNC3)C2)ccc1OCc1cccnc1. The fourth-order valence-corrected chi connectivity index (χ4v) is 4.38. The first-order valence-electron chi connectivity index (χ1n) is 10.5. The maximum atomic E-state index is 13.2. The van der Waals surface area contributed by atoms with Gasteiger partial charge in [0.1, 0.15) is 6.61 Å². The fourth-order valence-electron chi connectivity index (χ4n) is 4.38. The van der Waals surface area contributed by atoms with E-state index in [1.54, 1.807) is 12.4 Å². The number of nitrogens with zero attached hydrogens (tertiary/aromatic N) is 2. The summed E-state index contributed by atoms with van der Waals surface area (Å²) in [5.74, 6) is 1.33. The Morgan fingerprint density at radius 1 is 1.24 bits per heavy atom. The van der Waals surface area contributed by atoms with Gasteiger partial charge in [0, 0.05) is 48.6 Å². The molecule has 1 N–H and O–H groups in total. The van der Waals surface area contributed by atoms with Gasteiger partial charge in [0.05, 0.1) is 6.61 Å². The van der Waals surface area contributed by atoms with Crippen LogP contribution in [0.2, 0.25) is 0 Å². The van der Waals surface area contributed by atoms with Crippen LogP contribution in [0.15, 0.2) is 42.7 Å². The van der Waals surface area contributed by atoms with Crippen LogP contribution in [-0.4, -0.2) is 48.6 Å². The van der Waals surface area contributed by atoms with Crippen molar-refractivity contribution in [1.29, 1.82) is 0 Å². The second-order valence-corrected chi connectivity index (χ2v) is 8.00. The predicted octanol–water partition coefficient (Wildman–Crippen LogP) is 3.28. The molecule has 1 amide bonds. The van der Waals surface area contributed by atoms with Crippen molar-refractivity contribution in [1.82, 2.24) is 15.2 Å². The first kappa shape index (κ1) is 19.7. The molecule has 1 spiro atoms. The number of ether oxygens (including phenoxy) is 2. The molecule has 1 aromatic heterocycles. The first-order valence-corrected chi connectivity index (χ1v) is 10.5. The van der Waals surface area contributed by atoms with Crippen molar-refractivity contribution in [2.75, 3.05) is 32.8 Å². The molecular weight excluding hydrogens is 366 g/mol. The van der Waals surface area contributed by atoms with Crippen molar-refractivity contribution in [3.05, 3.63) is 53.9 Å². The van der Waals surface area contributed by atoms with Crippen molar-refractivity contribution in [3.63, 3.8) is 0 Å². The number of amides is 1. The molecule has 3 heterocycles. The number of carbonyl (C=O) groups is 1. The van der Waals surface area contributed by atoms with Gasteiger partial charge in [-0.25, -0.2) is 0 Å². The lowest BCUT2D eigenvalue weighted by Gasteiger charge is -2.40. The van der Waals surface area contributed by atoms with Crippen molar-refractivity contribution in [2.45, 2.75) is 32.8 Å². The molecule has 2 saturated heterocycles. The van der Waals surface area contributed by atoms with Gasteiger partial charge in [0.15, 0.2) is 11.5 Å². The molecule has 0 radical (unpaired) electrons. The van der Waals surface area contributed by atoms with Gasteiger partial charge in [-0.2, -0.15) is 0 Å². The van der Waals surface area contributed by atoms with E-state index in [1.807, 2.05) is 42.2 Å². The van der Waals surface area contributed by atoms with Crippen LogP contribution in [0.25, 0.3) is 0 Å². The van der Waals surface area contributed by atoms with E-state index in [2.05, 4.69) is 10.3 Å². The lowest BCUT2D eigenvalue weighted by Crippen LogP contribution is -2.47. The molecule has 2 aliphatic rings. The van der Waals surface area contributed by atoms with Gasteiger partial charge in [-0.1, -0.05) is 6.07 Å². The molecule has 6 nitrogen and oxygen atoms in total. The van der Waals surface area contributed by atoms with Crippen molar-refractivity contribution in [3.8, 4) is 11.5 Å². The summed E-state index contributed by atoms with van der Waals surface area (Å²) >= 11 is 0. The molecule has 6 heteroatoms. The zero-order valence-corrected chi connectivity index (χ0v) is 17.0. The Morgan fingerprint density at radius 2 is 2.17 bits per heavy atom. The van der Waals surface area contributed by atoms with Crippen LogP contribution in [0.3, 0.4) is 0 Å². The summed E-state index contributed by atoms with van der Waals surface area (Å²) in [6, 6.07) is 9.35. The highest BCUT2D eigenvalue weighted by molar-refractivity contribution is 5.95. The van der Waals surface area contributed by atoms with Gasteiger partial charge in [0.2, 0.25) is 0 Å². The molecule has 1 aromatic carbocycles. The number of likely N-dealkylation sites (tertiary alicyclic amines) is 1. The first-order chi connectivity index (χ1) is 14.2. The topological polar surface area (TPSA) is 63.7 Å². The summed E-state index contributed by atoms with van der Waals surface area (Å²) < 4.78 is 11.7. The lowest BCUT2D eigenvalue weighted by molar-refractivity contribution is 0.0553. The Balaban J connectivity index is 1.48. The summed E-state index contributed by atoms with van der Waals surface area (Å²) in [5, 5.41) is 3.46. The number of rotatable bonds is 6. The number of piperidine rings is 1. The maximum Gasteiger partial charge on any atom is 0.254 e. The van der Waals surface area contributed by atoms with E-state index in [1.165, 1.54) is 6.42 Å². The number of hydrogen-bond acceptors (Lipinski definition) is 5. The van der Waals surface area contributed by atoms with Crippen molar-refractivity contribution >= 4 is 5.91 Å². The number of aromatic nitrogens is 1. The monoisotopic (exact) mass is 395 g/mol. The molecule has 0 aliphatic carbocycles. The van der Waals surface area contributed by atoms with Crippen molar-refractivity contribution < 1.29 is 14.3 Å². The van der Waals surface area contributed by atoms with Crippen LogP contribution in [-0.2, 0) is 6.61 Å². The van der Waals surface area contributed by atoms with Gasteiger partial charge in [0.25, 0.3) is 5.91 Å². The highest BCUT2D eigenvalue weighted by atomic mass is 16.5. The van der Waals surface area contributed by atoms with Gasteiger partial charge in [-0.15, -0.1) is 0 Å². The Labute approximate surface area is 172 Å². The lowest BCUT2D eigenvalue weighted by atomic mass is 9.79. The zero-order valence-electron chi connectivity index (χ0n) is 17.0. The van der Waals surface area contributed by atoms with E-state index >= 15 is 0 Å². The summed E-state index contributed by atoms with van der Waals surface area (Å²) in [6.07, 6.45) is 6.94. The average molecular weight is 396 g/mol. The summed E-state index contributed by atoms with van der Waals surface area (Å²) in [7, 11) is 0. The van der Waals surface area contributed by atoms with E-state index in [-0.39, 0.29) is 11.3 Å². The Morgan fingerprint density at radius 3 is 2.93 bits per heavy atom. The maximum absolute atomic E-state index is 13.2. The number of hydrogen-bond donors (Lipinski definition) is 1.